The minimum absolute atomic E-state index is 0.0259. The zero-order chi connectivity index (χ0) is 17.1. The molecule has 1 amide bonds. The third-order valence-electron chi connectivity index (χ3n) is 4.72. The first-order chi connectivity index (χ1) is 11.7. The van der Waals surface area contributed by atoms with E-state index in [0.717, 1.165) is 6.42 Å². The van der Waals surface area contributed by atoms with Gasteiger partial charge >= 0.3 is 0 Å². The van der Waals surface area contributed by atoms with Crippen LogP contribution in [0.1, 0.15) is 35.2 Å². The van der Waals surface area contributed by atoms with Crippen LogP contribution in [0, 0.1) is 11.3 Å². The lowest BCUT2D eigenvalue weighted by molar-refractivity contribution is -0.133. The van der Waals surface area contributed by atoms with Crippen molar-refractivity contribution in [3.05, 3.63) is 64.7 Å². The summed E-state index contributed by atoms with van der Waals surface area (Å²) in [6.07, 6.45) is 1.04. The van der Waals surface area contributed by atoms with Gasteiger partial charge in [0.05, 0.1) is 31.2 Å². The summed E-state index contributed by atoms with van der Waals surface area (Å²) in [5, 5.41) is 9.31. The molecule has 4 nitrogen and oxygen atoms in total. The van der Waals surface area contributed by atoms with E-state index in [1.807, 2.05) is 17.0 Å². The third kappa shape index (κ3) is 2.85. The fraction of sp³-hybridized carbons (Fsp3) is 0.300. The normalized spacial score (nSPS) is 16.2. The average Bonchev–Trinajstić information content (AvgIpc) is 2.62. The standard InChI is InChI=1S/C20H20N2O2/c1-14-17-8-4-3-6-15(17)10-11-22(14)20(23)12-18-16(13-21)7-5-9-19(18)24-2/h3-9,14H,10-12H2,1-2H3/t14-/m0/s1. The van der Waals surface area contributed by atoms with Gasteiger partial charge in [-0.15, -0.1) is 0 Å². The Morgan fingerprint density at radius 2 is 2.08 bits per heavy atom. The molecule has 0 unspecified atom stereocenters. The number of benzene rings is 2. The Morgan fingerprint density at radius 3 is 2.83 bits per heavy atom. The monoisotopic (exact) mass is 320 g/mol. The van der Waals surface area contributed by atoms with Gasteiger partial charge in [-0.25, -0.2) is 0 Å². The molecule has 24 heavy (non-hydrogen) atoms. The molecule has 3 rings (SSSR count). The Labute approximate surface area is 142 Å². The molecular weight excluding hydrogens is 300 g/mol. The number of hydrogen-bond acceptors (Lipinski definition) is 3. The van der Waals surface area contributed by atoms with Crippen molar-refractivity contribution < 1.29 is 9.53 Å². The predicted octanol–water partition coefficient (Wildman–Crippen LogP) is 3.26. The topological polar surface area (TPSA) is 53.3 Å². The van der Waals surface area contributed by atoms with Gasteiger partial charge in [-0.1, -0.05) is 30.3 Å². The van der Waals surface area contributed by atoms with E-state index in [1.54, 1.807) is 25.3 Å². The van der Waals surface area contributed by atoms with Crippen LogP contribution in [0.15, 0.2) is 42.5 Å². The van der Waals surface area contributed by atoms with Crippen molar-refractivity contribution >= 4 is 5.91 Å². The number of rotatable bonds is 3. The molecule has 0 radical (unpaired) electrons. The first kappa shape index (κ1) is 16.1. The number of fused-ring (bicyclic) bond motifs is 1. The number of ether oxygens (including phenoxy) is 1. The second kappa shape index (κ2) is 6.76. The van der Waals surface area contributed by atoms with Gasteiger partial charge in [0.2, 0.25) is 5.91 Å². The molecule has 0 bridgehead atoms. The Bertz CT molecular complexity index is 808. The first-order valence-electron chi connectivity index (χ1n) is 8.09. The van der Waals surface area contributed by atoms with Crippen molar-refractivity contribution in [2.24, 2.45) is 0 Å². The zero-order valence-electron chi connectivity index (χ0n) is 14.0. The summed E-state index contributed by atoms with van der Waals surface area (Å²) in [4.78, 5) is 14.8. The van der Waals surface area contributed by atoms with E-state index >= 15 is 0 Å². The van der Waals surface area contributed by atoms with Crippen LogP contribution >= 0.6 is 0 Å². The number of hydrogen-bond donors (Lipinski definition) is 0. The third-order valence-corrected chi connectivity index (χ3v) is 4.72. The first-order valence-corrected chi connectivity index (χ1v) is 8.09. The van der Waals surface area contributed by atoms with Crippen LogP contribution in [-0.4, -0.2) is 24.5 Å². The summed E-state index contributed by atoms with van der Waals surface area (Å²) >= 11 is 0. The Morgan fingerprint density at radius 1 is 1.29 bits per heavy atom. The number of amides is 1. The molecule has 1 aliphatic heterocycles. The largest absolute Gasteiger partial charge is 0.496 e. The highest BCUT2D eigenvalue weighted by Gasteiger charge is 2.28. The highest BCUT2D eigenvalue weighted by molar-refractivity contribution is 5.81. The summed E-state index contributed by atoms with van der Waals surface area (Å²) in [5.41, 5.74) is 3.67. The van der Waals surface area contributed by atoms with Gasteiger partial charge in [0.25, 0.3) is 0 Å². The SMILES string of the molecule is COc1cccc(C#N)c1CC(=O)N1CCc2ccccc2[C@@H]1C. The van der Waals surface area contributed by atoms with Gasteiger partial charge in [-0.05, 0) is 36.6 Å². The number of carbonyl (C=O) groups excluding carboxylic acids is 1. The van der Waals surface area contributed by atoms with Gasteiger partial charge in [-0.2, -0.15) is 5.26 Å². The Kier molecular flexibility index (Phi) is 4.52. The molecule has 0 saturated carbocycles. The van der Waals surface area contributed by atoms with Crippen LogP contribution in [0.4, 0.5) is 0 Å². The predicted molar refractivity (Wildman–Crippen MR) is 91.7 cm³/mol. The fourth-order valence-electron chi connectivity index (χ4n) is 3.41. The van der Waals surface area contributed by atoms with E-state index in [-0.39, 0.29) is 18.4 Å². The van der Waals surface area contributed by atoms with Crippen molar-refractivity contribution in [3.63, 3.8) is 0 Å². The van der Waals surface area contributed by atoms with Crippen molar-refractivity contribution in [1.29, 1.82) is 5.26 Å². The summed E-state index contributed by atoms with van der Waals surface area (Å²) in [5.74, 6) is 0.616. The molecule has 0 spiro atoms. The maximum Gasteiger partial charge on any atom is 0.227 e. The summed E-state index contributed by atoms with van der Waals surface area (Å²) in [6, 6.07) is 15.7. The molecule has 0 aliphatic carbocycles. The number of nitriles is 1. The van der Waals surface area contributed by atoms with E-state index < -0.39 is 0 Å². The Balaban J connectivity index is 1.86. The van der Waals surface area contributed by atoms with Crippen LogP contribution in [0.5, 0.6) is 5.75 Å². The molecule has 0 saturated heterocycles. The molecule has 2 aromatic rings. The van der Waals surface area contributed by atoms with Crippen molar-refractivity contribution in [2.75, 3.05) is 13.7 Å². The van der Waals surface area contributed by atoms with Crippen LogP contribution in [0.3, 0.4) is 0 Å². The van der Waals surface area contributed by atoms with E-state index in [0.29, 0.717) is 23.4 Å². The highest BCUT2D eigenvalue weighted by Crippen LogP contribution is 2.31. The van der Waals surface area contributed by atoms with Crippen molar-refractivity contribution in [2.45, 2.75) is 25.8 Å². The number of nitrogens with zero attached hydrogens (tertiary/aromatic N) is 2. The molecule has 1 atom stereocenters. The van der Waals surface area contributed by atoms with Gasteiger partial charge in [0.1, 0.15) is 5.75 Å². The smallest absolute Gasteiger partial charge is 0.227 e. The molecule has 1 aliphatic rings. The van der Waals surface area contributed by atoms with E-state index in [4.69, 9.17) is 4.74 Å². The van der Waals surface area contributed by atoms with E-state index in [2.05, 4.69) is 25.1 Å². The van der Waals surface area contributed by atoms with Gasteiger partial charge < -0.3 is 9.64 Å². The molecule has 4 heteroatoms. The second-order valence-corrected chi connectivity index (χ2v) is 5.99. The van der Waals surface area contributed by atoms with Crippen LogP contribution < -0.4 is 4.74 Å². The maximum absolute atomic E-state index is 12.9. The summed E-state index contributed by atoms with van der Waals surface area (Å²) < 4.78 is 5.34. The highest BCUT2D eigenvalue weighted by atomic mass is 16.5. The minimum Gasteiger partial charge on any atom is -0.496 e. The van der Waals surface area contributed by atoms with Crippen LogP contribution in [0.25, 0.3) is 0 Å². The molecule has 0 N–H and O–H groups in total. The van der Waals surface area contributed by atoms with Crippen LogP contribution in [-0.2, 0) is 17.6 Å². The Hall–Kier alpha value is -2.80. The van der Waals surface area contributed by atoms with Crippen molar-refractivity contribution in [1.82, 2.24) is 4.90 Å². The second-order valence-electron chi connectivity index (χ2n) is 5.99. The van der Waals surface area contributed by atoms with Gasteiger partial charge in [0, 0.05) is 12.1 Å². The lowest BCUT2D eigenvalue weighted by Gasteiger charge is -2.35. The molecule has 1 heterocycles. The average molecular weight is 320 g/mol. The molecule has 0 aromatic heterocycles. The number of carbonyl (C=O) groups is 1. The quantitative estimate of drug-likeness (QED) is 0.872. The number of methoxy groups -OCH3 is 1. The minimum atomic E-state index is 0.0259. The van der Waals surface area contributed by atoms with Gasteiger partial charge in [0.15, 0.2) is 0 Å². The fourth-order valence-corrected chi connectivity index (χ4v) is 3.41. The lowest BCUT2D eigenvalue weighted by atomic mass is 9.93. The van der Waals surface area contributed by atoms with E-state index in [9.17, 15) is 10.1 Å². The van der Waals surface area contributed by atoms with Gasteiger partial charge in [-0.3, -0.25) is 4.79 Å². The molecule has 0 fully saturated rings. The zero-order valence-corrected chi connectivity index (χ0v) is 14.0. The molecule has 122 valence electrons. The maximum atomic E-state index is 12.9. The molecule has 2 aromatic carbocycles. The lowest BCUT2D eigenvalue weighted by Crippen LogP contribution is -2.39. The van der Waals surface area contributed by atoms with E-state index in [1.165, 1.54) is 11.1 Å². The molecular formula is C20H20N2O2. The van der Waals surface area contributed by atoms with Crippen LogP contribution in [0.2, 0.25) is 0 Å². The van der Waals surface area contributed by atoms with Crippen molar-refractivity contribution in [3.8, 4) is 11.8 Å². The summed E-state index contributed by atoms with van der Waals surface area (Å²) in [7, 11) is 1.56. The summed E-state index contributed by atoms with van der Waals surface area (Å²) in [6.45, 7) is 2.76.